The lowest BCUT2D eigenvalue weighted by Crippen LogP contribution is -2.56. The Hall–Kier alpha value is -4.02. The Labute approximate surface area is 243 Å². The van der Waals surface area contributed by atoms with Crippen molar-refractivity contribution in [3.8, 4) is 5.88 Å². The number of hydrogen-bond acceptors (Lipinski definition) is 3. The van der Waals surface area contributed by atoms with Crippen LogP contribution in [0.5, 0.6) is 5.88 Å². The number of aromatic nitrogens is 1. The van der Waals surface area contributed by atoms with Crippen molar-refractivity contribution in [1.82, 2.24) is 9.47 Å². The highest BCUT2D eigenvalue weighted by Gasteiger charge is 2.43. The largest absolute Gasteiger partial charge is 0.494 e. The summed E-state index contributed by atoms with van der Waals surface area (Å²) in [6.45, 7) is 3.69. The maximum Gasteiger partial charge on any atom is 0.199 e. The van der Waals surface area contributed by atoms with Gasteiger partial charge in [0.05, 0.1) is 5.54 Å². The van der Waals surface area contributed by atoms with Gasteiger partial charge in [-0.25, -0.2) is 0 Å². The Morgan fingerprint density at radius 1 is 0.610 bits per heavy atom. The van der Waals surface area contributed by atoms with E-state index in [2.05, 4.69) is 130 Å². The van der Waals surface area contributed by atoms with Crippen LogP contribution < -0.4 is 4.90 Å². The lowest BCUT2D eigenvalue weighted by atomic mass is 9.75. The fourth-order valence-electron chi connectivity index (χ4n) is 7.42. The average molecular weight is 542 g/mol. The lowest BCUT2D eigenvalue weighted by molar-refractivity contribution is 0.147. The van der Waals surface area contributed by atoms with Crippen LogP contribution in [0.2, 0.25) is 0 Å². The molecule has 5 aromatic rings. The first kappa shape index (κ1) is 25.9. The molecule has 0 bridgehead atoms. The summed E-state index contributed by atoms with van der Waals surface area (Å²) >= 11 is 0. The first-order valence-electron chi connectivity index (χ1n) is 15.3. The van der Waals surface area contributed by atoms with Gasteiger partial charge in [-0.1, -0.05) is 116 Å². The third-order valence-electron chi connectivity index (χ3n) is 9.46. The van der Waals surface area contributed by atoms with E-state index in [-0.39, 0.29) is 5.54 Å². The average Bonchev–Trinajstić information content (AvgIpc) is 3.39. The predicted octanol–water partition coefficient (Wildman–Crippen LogP) is 7.97. The molecule has 0 radical (unpaired) electrons. The van der Waals surface area contributed by atoms with E-state index < -0.39 is 0 Å². The van der Waals surface area contributed by atoms with E-state index in [0.717, 1.165) is 49.8 Å². The molecule has 0 unspecified atom stereocenters. The first-order chi connectivity index (χ1) is 20.2. The van der Waals surface area contributed by atoms with Crippen LogP contribution in [-0.4, -0.2) is 40.8 Å². The van der Waals surface area contributed by atoms with Gasteiger partial charge in [0.15, 0.2) is 5.88 Å². The van der Waals surface area contributed by atoms with Gasteiger partial charge in [-0.05, 0) is 41.7 Å². The molecule has 1 saturated heterocycles. The van der Waals surface area contributed by atoms with E-state index in [1.54, 1.807) is 0 Å². The Balaban J connectivity index is 1.22. The summed E-state index contributed by atoms with van der Waals surface area (Å²) < 4.78 is 2.14. The summed E-state index contributed by atoms with van der Waals surface area (Å²) in [5.74, 6) is 0.434. The number of hydrogen-bond donors (Lipinski definition) is 1. The van der Waals surface area contributed by atoms with Crippen LogP contribution in [0.15, 0.2) is 115 Å². The van der Waals surface area contributed by atoms with E-state index in [4.69, 9.17) is 0 Å². The monoisotopic (exact) mass is 541 g/mol. The number of piperazine rings is 1. The normalized spacial score (nSPS) is 17.2. The van der Waals surface area contributed by atoms with Crippen molar-refractivity contribution in [1.29, 1.82) is 0 Å². The molecule has 1 aliphatic heterocycles. The van der Waals surface area contributed by atoms with E-state index in [1.807, 2.05) is 0 Å². The number of anilines is 1. The summed E-state index contributed by atoms with van der Waals surface area (Å²) in [5.41, 5.74) is 4.69. The zero-order valence-electron chi connectivity index (χ0n) is 23.7. The molecule has 1 saturated carbocycles. The molecule has 4 aromatic carbocycles. The fourth-order valence-corrected chi connectivity index (χ4v) is 7.42. The minimum Gasteiger partial charge on any atom is -0.494 e. The number of benzene rings is 4. The summed E-state index contributed by atoms with van der Waals surface area (Å²) in [5, 5.41) is 13.3. The molecular weight excluding hydrogens is 502 g/mol. The van der Waals surface area contributed by atoms with E-state index in [0.29, 0.717) is 11.9 Å². The van der Waals surface area contributed by atoms with Gasteiger partial charge in [-0.3, -0.25) is 4.90 Å². The second-order valence-corrected chi connectivity index (χ2v) is 11.7. The van der Waals surface area contributed by atoms with Gasteiger partial charge in [-0.2, -0.15) is 0 Å². The van der Waals surface area contributed by atoms with Gasteiger partial charge in [0.2, 0.25) is 0 Å². The summed E-state index contributed by atoms with van der Waals surface area (Å²) in [6, 6.07) is 40.0. The molecule has 2 fully saturated rings. The molecule has 208 valence electrons. The summed E-state index contributed by atoms with van der Waals surface area (Å²) in [6.07, 6.45) is 8.31. The maximum absolute atomic E-state index is 11.2. The molecule has 7 rings (SSSR count). The molecule has 1 N–H and O–H groups in total. The van der Waals surface area contributed by atoms with Crippen molar-refractivity contribution in [2.75, 3.05) is 31.1 Å². The van der Waals surface area contributed by atoms with Gasteiger partial charge < -0.3 is 14.6 Å². The van der Waals surface area contributed by atoms with Crippen molar-refractivity contribution in [3.05, 3.63) is 132 Å². The molecule has 2 heterocycles. The van der Waals surface area contributed by atoms with Crippen molar-refractivity contribution < 1.29 is 5.11 Å². The van der Waals surface area contributed by atoms with Gasteiger partial charge in [-0.15, -0.1) is 0 Å². The third kappa shape index (κ3) is 4.61. The highest BCUT2D eigenvalue weighted by Crippen LogP contribution is 2.43. The van der Waals surface area contributed by atoms with Crippen molar-refractivity contribution in [3.63, 3.8) is 0 Å². The topological polar surface area (TPSA) is 31.6 Å². The van der Waals surface area contributed by atoms with Crippen molar-refractivity contribution in [2.24, 2.45) is 0 Å². The minimum atomic E-state index is -0.380. The molecule has 0 spiro atoms. The van der Waals surface area contributed by atoms with Crippen LogP contribution >= 0.6 is 0 Å². The molecule has 41 heavy (non-hydrogen) atoms. The van der Waals surface area contributed by atoms with E-state index in [1.165, 1.54) is 41.6 Å². The lowest BCUT2D eigenvalue weighted by Gasteiger charge is -2.49. The number of nitrogens with zero attached hydrogens (tertiary/aromatic N) is 3. The zero-order valence-corrected chi connectivity index (χ0v) is 23.7. The van der Waals surface area contributed by atoms with Crippen molar-refractivity contribution in [2.45, 2.75) is 43.7 Å². The van der Waals surface area contributed by atoms with Crippen LogP contribution in [0.25, 0.3) is 10.8 Å². The Bertz CT molecular complexity index is 1480. The molecule has 1 aliphatic carbocycles. The number of aromatic hydroxyl groups is 1. The second kappa shape index (κ2) is 11.1. The van der Waals surface area contributed by atoms with Crippen LogP contribution in [0, 0.1) is 0 Å². The Kier molecular flexibility index (Phi) is 7.02. The van der Waals surface area contributed by atoms with Gasteiger partial charge in [0, 0.05) is 54.9 Å². The maximum atomic E-state index is 11.2. The van der Waals surface area contributed by atoms with Crippen molar-refractivity contribution >= 4 is 16.5 Å². The second-order valence-electron chi connectivity index (χ2n) is 11.7. The zero-order chi connectivity index (χ0) is 27.6. The Morgan fingerprint density at radius 3 is 1.68 bits per heavy atom. The molecule has 4 heteroatoms. The SMILES string of the molecule is Oc1c2cc(N3CCN(C(c4ccccc4)(c4ccccc4)c4ccccc4)CC3)ccc2cn1C1CCCCC1. The minimum absolute atomic E-state index is 0.380. The molecule has 1 aromatic heterocycles. The third-order valence-corrected chi connectivity index (χ3v) is 9.46. The first-order valence-corrected chi connectivity index (χ1v) is 15.3. The van der Waals surface area contributed by atoms with Crippen LogP contribution in [0.3, 0.4) is 0 Å². The molecular formula is C37H39N3O. The standard InChI is InChI=1S/C37H39N3O/c41-36-35-27-34(22-21-29(35)28-40(36)33-19-11-4-12-20-33)38-23-25-39(26-24-38)37(30-13-5-1-6-14-30,31-15-7-2-8-16-31)32-17-9-3-10-18-32/h1-3,5-10,13-18,21-22,27-28,33,41H,4,11-12,19-20,23-26H2. The summed E-state index contributed by atoms with van der Waals surface area (Å²) in [7, 11) is 0. The van der Waals surface area contributed by atoms with Crippen LogP contribution in [-0.2, 0) is 5.54 Å². The highest BCUT2D eigenvalue weighted by molar-refractivity contribution is 5.91. The smallest absolute Gasteiger partial charge is 0.199 e. The van der Waals surface area contributed by atoms with Crippen LogP contribution in [0.4, 0.5) is 5.69 Å². The van der Waals surface area contributed by atoms with Gasteiger partial charge in [0.25, 0.3) is 0 Å². The van der Waals surface area contributed by atoms with Crippen LogP contribution in [0.1, 0.15) is 54.8 Å². The molecule has 2 aliphatic rings. The quantitative estimate of drug-likeness (QED) is 0.221. The number of rotatable bonds is 6. The highest BCUT2D eigenvalue weighted by atomic mass is 16.3. The molecule has 0 amide bonds. The van der Waals surface area contributed by atoms with E-state index >= 15 is 0 Å². The fraction of sp³-hybridized carbons (Fsp3) is 0.297. The predicted molar refractivity (Wildman–Crippen MR) is 169 cm³/mol. The molecule has 4 nitrogen and oxygen atoms in total. The molecule has 0 atom stereocenters. The summed E-state index contributed by atoms with van der Waals surface area (Å²) in [4.78, 5) is 5.15. The Morgan fingerprint density at radius 2 is 1.15 bits per heavy atom. The van der Waals surface area contributed by atoms with Gasteiger partial charge >= 0.3 is 0 Å². The number of fused-ring (bicyclic) bond motifs is 1. The van der Waals surface area contributed by atoms with E-state index in [9.17, 15) is 5.11 Å². The van der Waals surface area contributed by atoms with Gasteiger partial charge in [0.1, 0.15) is 0 Å².